The van der Waals surface area contributed by atoms with E-state index >= 15 is 0 Å². The van der Waals surface area contributed by atoms with Crippen LogP contribution in [0.5, 0.6) is 0 Å². The Kier molecular flexibility index (Phi) is 4.29. The molecule has 1 aromatic rings. The molecule has 2 fully saturated rings. The highest BCUT2D eigenvalue weighted by Gasteiger charge is 2.41. The molecule has 0 radical (unpaired) electrons. The first-order valence-electron chi connectivity index (χ1n) is 7.47. The van der Waals surface area contributed by atoms with Crippen LogP contribution in [0.2, 0.25) is 0 Å². The molecule has 2 aliphatic heterocycles. The van der Waals surface area contributed by atoms with Crippen LogP contribution < -0.4 is 5.32 Å². The number of hydrogen-bond acceptors (Lipinski definition) is 5. The molecule has 2 atom stereocenters. The van der Waals surface area contributed by atoms with Crippen molar-refractivity contribution in [2.45, 2.75) is 37.3 Å². The van der Waals surface area contributed by atoms with Gasteiger partial charge in [0.05, 0.1) is 5.60 Å². The summed E-state index contributed by atoms with van der Waals surface area (Å²) in [5.74, 6) is 0.567. The quantitative estimate of drug-likeness (QED) is 0.911. The van der Waals surface area contributed by atoms with Gasteiger partial charge in [-0.1, -0.05) is 0 Å². The average Bonchev–Trinajstić information content (AvgIpc) is 2.50. The topological polar surface area (TPSA) is 56.3 Å². The van der Waals surface area contributed by atoms with Crippen molar-refractivity contribution in [1.82, 2.24) is 15.3 Å². The van der Waals surface area contributed by atoms with Gasteiger partial charge in [0.2, 0.25) is 0 Å². The molecule has 5 heteroatoms. The van der Waals surface area contributed by atoms with Gasteiger partial charge in [-0.3, -0.25) is 0 Å². The van der Waals surface area contributed by atoms with Gasteiger partial charge < -0.3 is 14.8 Å². The fraction of sp³-hybridized carbons (Fsp3) is 0.733. The molecule has 2 unspecified atom stereocenters. The SMILES string of the molecule is CNC(c1cncnc1)C1CCOC2(CCOCC2)C1. The third kappa shape index (κ3) is 2.85. The molecule has 2 aliphatic rings. The maximum absolute atomic E-state index is 6.13. The second-order valence-corrected chi connectivity index (χ2v) is 5.83. The Morgan fingerprint density at radius 3 is 2.70 bits per heavy atom. The third-order valence-corrected chi connectivity index (χ3v) is 4.66. The summed E-state index contributed by atoms with van der Waals surface area (Å²) in [4.78, 5) is 8.30. The molecular weight excluding hydrogens is 254 g/mol. The van der Waals surface area contributed by atoms with Gasteiger partial charge in [0.1, 0.15) is 6.33 Å². The van der Waals surface area contributed by atoms with E-state index in [0.717, 1.165) is 45.5 Å². The van der Waals surface area contributed by atoms with Crippen LogP contribution in [-0.2, 0) is 9.47 Å². The first kappa shape index (κ1) is 13.9. The van der Waals surface area contributed by atoms with E-state index in [1.807, 2.05) is 19.4 Å². The molecular formula is C15H23N3O2. The van der Waals surface area contributed by atoms with Crippen molar-refractivity contribution in [3.8, 4) is 0 Å². The Morgan fingerprint density at radius 2 is 2.00 bits per heavy atom. The number of aromatic nitrogens is 2. The van der Waals surface area contributed by atoms with E-state index in [2.05, 4.69) is 15.3 Å². The first-order chi connectivity index (χ1) is 9.83. The van der Waals surface area contributed by atoms with Gasteiger partial charge >= 0.3 is 0 Å². The van der Waals surface area contributed by atoms with E-state index in [4.69, 9.17) is 9.47 Å². The number of hydrogen-bond donors (Lipinski definition) is 1. The Hall–Kier alpha value is -1.04. The average molecular weight is 277 g/mol. The Balaban J connectivity index is 1.75. The Morgan fingerprint density at radius 1 is 1.25 bits per heavy atom. The molecule has 1 spiro atoms. The van der Waals surface area contributed by atoms with Crippen LogP contribution in [0.25, 0.3) is 0 Å². The molecule has 0 bridgehead atoms. The summed E-state index contributed by atoms with van der Waals surface area (Å²) in [5, 5.41) is 3.44. The van der Waals surface area contributed by atoms with Gasteiger partial charge in [-0.05, 0) is 38.6 Å². The summed E-state index contributed by atoms with van der Waals surface area (Å²) in [7, 11) is 2.02. The van der Waals surface area contributed by atoms with E-state index in [-0.39, 0.29) is 5.60 Å². The summed E-state index contributed by atoms with van der Waals surface area (Å²) in [6.07, 6.45) is 9.64. The summed E-state index contributed by atoms with van der Waals surface area (Å²) in [6, 6.07) is 0.305. The van der Waals surface area contributed by atoms with Crippen molar-refractivity contribution >= 4 is 0 Å². The van der Waals surface area contributed by atoms with Crippen molar-refractivity contribution in [1.29, 1.82) is 0 Å². The van der Waals surface area contributed by atoms with Crippen LogP contribution in [0.15, 0.2) is 18.7 Å². The maximum Gasteiger partial charge on any atom is 0.115 e. The molecule has 3 rings (SSSR count). The van der Waals surface area contributed by atoms with Crippen molar-refractivity contribution in [3.63, 3.8) is 0 Å². The standard InChI is InChI=1S/C15H23N3O2/c1-16-14(13-9-17-11-18-10-13)12-2-5-20-15(8-12)3-6-19-7-4-15/h9-12,14,16H,2-8H2,1H3. The summed E-state index contributed by atoms with van der Waals surface area (Å²) < 4.78 is 11.6. The number of rotatable bonds is 3. The van der Waals surface area contributed by atoms with Crippen molar-refractivity contribution in [2.75, 3.05) is 26.9 Å². The molecule has 1 aromatic heterocycles. The number of nitrogens with one attached hydrogen (secondary N) is 1. The van der Waals surface area contributed by atoms with Crippen molar-refractivity contribution in [2.24, 2.45) is 5.92 Å². The first-order valence-corrected chi connectivity index (χ1v) is 7.47. The van der Waals surface area contributed by atoms with Gasteiger partial charge in [0.25, 0.3) is 0 Å². The zero-order valence-electron chi connectivity index (χ0n) is 12.0. The fourth-order valence-corrected chi connectivity index (χ4v) is 3.59. The zero-order valence-corrected chi connectivity index (χ0v) is 12.0. The molecule has 1 N–H and O–H groups in total. The largest absolute Gasteiger partial charge is 0.381 e. The second-order valence-electron chi connectivity index (χ2n) is 5.83. The van der Waals surface area contributed by atoms with Gasteiger partial charge in [-0.25, -0.2) is 9.97 Å². The number of nitrogens with zero attached hydrogens (tertiary/aromatic N) is 2. The molecule has 5 nitrogen and oxygen atoms in total. The summed E-state index contributed by atoms with van der Waals surface area (Å²) in [5.41, 5.74) is 1.20. The summed E-state index contributed by atoms with van der Waals surface area (Å²) >= 11 is 0. The maximum atomic E-state index is 6.13. The molecule has 110 valence electrons. The van der Waals surface area contributed by atoms with E-state index in [0.29, 0.717) is 12.0 Å². The molecule has 3 heterocycles. The lowest BCUT2D eigenvalue weighted by Crippen LogP contribution is -2.46. The van der Waals surface area contributed by atoms with Gasteiger partial charge in [0, 0.05) is 43.8 Å². The van der Waals surface area contributed by atoms with Crippen LogP contribution in [0, 0.1) is 5.92 Å². The highest BCUT2D eigenvalue weighted by Crippen LogP contribution is 2.41. The van der Waals surface area contributed by atoms with E-state index < -0.39 is 0 Å². The monoisotopic (exact) mass is 277 g/mol. The van der Waals surface area contributed by atoms with Crippen LogP contribution in [-0.4, -0.2) is 42.4 Å². The highest BCUT2D eigenvalue weighted by molar-refractivity contribution is 5.11. The third-order valence-electron chi connectivity index (χ3n) is 4.66. The highest BCUT2D eigenvalue weighted by atomic mass is 16.5. The van der Waals surface area contributed by atoms with Crippen molar-refractivity contribution < 1.29 is 9.47 Å². The molecule has 0 aliphatic carbocycles. The predicted octanol–water partition coefficient (Wildman–Crippen LogP) is 1.71. The normalized spacial score (nSPS) is 27.4. The van der Waals surface area contributed by atoms with Gasteiger partial charge in [0.15, 0.2) is 0 Å². The lowest BCUT2D eigenvalue weighted by Gasteiger charge is -2.45. The second kappa shape index (κ2) is 6.16. The van der Waals surface area contributed by atoms with Crippen LogP contribution in [0.1, 0.15) is 37.3 Å². The van der Waals surface area contributed by atoms with Crippen molar-refractivity contribution in [3.05, 3.63) is 24.3 Å². The molecule has 0 aromatic carbocycles. The minimum atomic E-state index is 0.0336. The van der Waals surface area contributed by atoms with E-state index in [1.54, 1.807) is 6.33 Å². The molecule has 20 heavy (non-hydrogen) atoms. The Bertz CT molecular complexity index is 415. The number of ether oxygens (including phenoxy) is 2. The Labute approximate surface area is 120 Å². The smallest absolute Gasteiger partial charge is 0.115 e. The fourth-order valence-electron chi connectivity index (χ4n) is 3.59. The van der Waals surface area contributed by atoms with Crippen LogP contribution >= 0.6 is 0 Å². The lowest BCUT2D eigenvalue weighted by molar-refractivity contribution is -0.150. The van der Waals surface area contributed by atoms with E-state index in [9.17, 15) is 0 Å². The van der Waals surface area contributed by atoms with Crippen LogP contribution in [0.4, 0.5) is 0 Å². The predicted molar refractivity (Wildman–Crippen MR) is 75.3 cm³/mol. The van der Waals surface area contributed by atoms with E-state index in [1.165, 1.54) is 5.56 Å². The van der Waals surface area contributed by atoms with Crippen LogP contribution in [0.3, 0.4) is 0 Å². The summed E-state index contributed by atoms with van der Waals surface area (Å²) in [6.45, 7) is 2.49. The molecule has 2 saturated heterocycles. The zero-order chi connectivity index (χ0) is 13.8. The minimum Gasteiger partial charge on any atom is -0.381 e. The molecule has 0 saturated carbocycles. The molecule has 0 amide bonds. The van der Waals surface area contributed by atoms with Gasteiger partial charge in [-0.2, -0.15) is 0 Å². The minimum absolute atomic E-state index is 0.0336. The lowest BCUT2D eigenvalue weighted by atomic mass is 9.76. The van der Waals surface area contributed by atoms with Gasteiger partial charge in [-0.15, -0.1) is 0 Å².